The molecule has 140 valence electrons. The van der Waals surface area contributed by atoms with E-state index in [1.54, 1.807) is 0 Å². The van der Waals surface area contributed by atoms with Gasteiger partial charge in [0.2, 0.25) is 0 Å². The summed E-state index contributed by atoms with van der Waals surface area (Å²) in [6.07, 6.45) is 0. The highest BCUT2D eigenvalue weighted by Gasteiger charge is 2.37. The second kappa shape index (κ2) is 7.21. The van der Waals surface area contributed by atoms with E-state index in [1.165, 1.54) is 34.2 Å². The third-order valence-corrected chi connectivity index (χ3v) is 5.23. The SMILES string of the molecule is Cc1cccc(CN2CCN(CN3C(=O)C(=O)c4ccc(F)cc43)CC2)c1. The van der Waals surface area contributed by atoms with Crippen molar-refractivity contribution in [1.29, 1.82) is 0 Å². The number of ketones is 1. The van der Waals surface area contributed by atoms with Gasteiger partial charge in [-0.05, 0) is 30.7 Å². The van der Waals surface area contributed by atoms with Gasteiger partial charge in [0.25, 0.3) is 5.78 Å². The van der Waals surface area contributed by atoms with Crippen molar-refractivity contribution in [3.8, 4) is 0 Å². The van der Waals surface area contributed by atoms with Gasteiger partial charge < -0.3 is 0 Å². The van der Waals surface area contributed by atoms with E-state index in [9.17, 15) is 14.0 Å². The Morgan fingerprint density at radius 1 is 0.963 bits per heavy atom. The van der Waals surface area contributed by atoms with E-state index in [2.05, 4.69) is 41.0 Å². The van der Waals surface area contributed by atoms with Gasteiger partial charge in [-0.3, -0.25) is 24.3 Å². The predicted molar refractivity (Wildman–Crippen MR) is 101 cm³/mol. The van der Waals surface area contributed by atoms with Crippen LogP contribution >= 0.6 is 0 Å². The normalized spacial score (nSPS) is 18.2. The molecule has 0 radical (unpaired) electrons. The highest BCUT2D eigenvalue weighted by atomic mass is 19.1. The number of amides is 1. The van der Waals surface area contributed by atoms with E-state index in [0.717, 1.165) is 32.7 Å². The number of nitrogens with zero attached hydrogens (tertiary/aromatic N) is 3. The Balaban J connectivity index is 1.38. The van der Waals surface area contributed by atoms with Gasteiger partial charge in [0.1, 0.15) is 5.82 Å². The molecule has 0 unspecified atom stereocenters. The lowest BCUT2D eigenvalue weighted by Gasteiger charge is -2.36. The van der Waals surface area contributed by atoms with Crippen LogP contribution in [0.5, 0.6) is 0 Å². The van der Waals surface area contributed by atoms with Crippen molar-refractivity contribution in [1.82, 2.24) is 9.80 Å². The Hall–Kier alpha value is -2.57. The van der Waals surface area contributed by atoms with Crippen molar-refractivity contribution < 1.29 is 14.0 Å². The second-order valence-electron chi connectivity index (χ2n) is 7.25. The molecule has 27 heavy (non-hydrogen) atoms. The van der Waals surface area contributed by atoms with Gasteiger partial charge in [0, 0.05) is 32.7 Å². The zero-order chi connectivity index (χ0) is 19.0. The van der Waals surface area contributed by atoms with Crippen molar-refractivity contribution >= 4 is 17.4 Å². The molecule has 2 heterocycles. The number of benzene rings is 2. The lowest BCUT2D eigenvalue weighted by Crippen LogP contribution is -2.50. The number of Topliss-reactive ketones (excluding diaryl/α,β-unsaturated/α-hetero) is 1. The van der Waals surface area contributed by atoms with E-state index in [0.29, 0.717) is 17.9 Å². The Morgan fingerprint density at radius 2 is 1.70 bits per heavy atom. The molecule has 4 rings (SSSR count). The fraction of sp³-hybridized carbons (Fsp3) is 0.333. The third kappa shape index (κ3) is 3.63. The summed E-state index contributed by atoms with van der Waals surface area (Å²) in [5.41, 5.74) is 3.23. The number of aryl methyl sites for hydroxylation is 1. The number of anilines is 1. The number of carbonyl (C=O) groups excluding carboxylic acids is 2. The van der Waals surface area contributed by atoms with E-state index in [1.807, 2.05) is 0 Å². The smallest absolute Gasteiger partial charge is 0.297 e. The Morgan fingerprint density at radius 3 is 2.44 bits per heavy atom. The maximum atomic E-state index is 13.6. The fourth-order valence-electron chi connectivity index (χ4n) is 3.77. The average Bonchev–Trinajstić information content (AvgIpc) is 2.88. The molecule has 0 N–H and O–H groups in total. The maximum Gasteiger partial charge on any atom is 0.300 e. The standard InChI is InChI=1S/C21H22FN3O2/c1-15-3-2-4-16(11-15)13-23-7-9-24(10-8-23)14-25-19-12-17(22)5-6-18(19)20(26)21(25)27/h2-6,11-12H,7-10,13-14H2,1H3. The molecule has 0 saturated carbocycles. The van der Waals surface area contributed by atoms with Gasteiger partial charge in [-0.1, -0.05) is 29.8 Å². The molecule has 0 bridgehead atoms. The molecular formula is C21H22FN3O2. The monoisotopic (exact) mass is 367 g/mol. The topological polar surface area (TPSA) is 43.9 Å². The summed E-state index contributed by atoms with van der Waals surface area (Å²) < 4.78 is 13.6. The molecule has 2 aliphatic rings. The Bertz CT molecular complexity index is 891. The maximum absolute atomic E-state index is 13.6. The molecular weight excluding hydrogens is 345 g/mol. The van der Waals surface area contributed by atoms with Crippen LogP contribution in [0.25, 0.3) is 0 Å². The van der Waals surface area contributed by atoms with Crippen molar-refractivity contribution in [2.75, 3.05) is 37.7 Å². The highest BCUT2D eigenvalue weighted by molar-refractivity contribution is 6.52. The molecule has 1 saturated heterocycles. The first-order chi connectivity index (χ1) is 13.0. The summed E-state index contributed by atoms with van der Waals surface area (Å²) in [6.45, 7) is 6.70. The first-order valence-electron chi connectivity index (χ1n) is 9.17. The third-order valence-electron chi connectivity index (χ3n) is 5.23. The van der Waals surface area contributed by atoms with Gasteiger partial charge in [0.15, 0.2) is 0 Å². The van der Waals surface area contributed by atoms with E-state index >= 15 is 0 Å². The lowest BCUT2D eigenvalue weighted by atomic mass is 10.1. The number of carbonyl (C=O) groups is 2. The van der Waals surface area contributed by atoms with Crippen LogP contribution in [-0.4, -0.2) is 54.3 Å². The largest absolute Gasteiger partial charge is 0.300 e. The zero-order valence-electron chi connectivity index (χ0n) is 15.3. The van der Waals surface area contributed by atoms with Crippen LogP contribution in [0.15, 0.2) is 42.5 Å². The molecule has 0 aromatic heterocycles. The van der Waals surface area contributed by atoms with Gasteiger partial charge in [-0.15, -0.1) is 0 Å². The fourth-order valence-corrected chi connectivity index (χ4v) is 3.77. The van der Waals surface area contributed by atoms with Crippen molar-refractivity contribution in [3.05, 3.63) is 65.0 Å². The van der Waals surface area contributed by atoms with Gasteiger partial charge >= 0.3 is 5.91 Å². The summed E-state index contributed by atoms with van der Waals surface area (Å²) in [5.74, 6) is -1.56. The van der Waals surface area contributed by atoms with Crippen LogP contribution in [0, 0.1) is 12.7 Å². The first-order valence-corrected chi connectivity index (χ1v) is 9.17. The summed E-state index contributed by atoms with van der Waals surface area (Å²) >= 11 is 0. The van der Waals surface area contributed by atoms with Crippen LogP contribution in [0.2, 0.25) is 0 Å². The number of piperazine rings is 1. The minimum atomic E-state index is -0.571. The minimum Gasteiger partial charge on any atom is -0.297 e. The predicted octanol–water partition coefficient (Wildman–Crippen LogP) is 2.44. The molecule has 1 fully saturated rings. The number of fused-ring (bicyclic) bond motifs is 1. The quantitative estimate of drug-likeness (QED) is 0.779. The van der Waals surface area contributed by atoms with Gasteiger partial charge in [0.05, 0.1) is 17.9 Å². The van der Waals surface area contributed by atoms with Gasteiger partial charge in [-0.25, -0.2) is 4.39 Å². The Kier molecular flexibility index (Phi) is 4.76. The second-order valence-corrected chi connectivity index (χ2v) is 7.25. The number of halogens is 1. The highest BCUT2D eigenvalue weighted by Crippen LogP contribution is 2.30. The summed E-state index contributed by atoms with van der Waals surface area (Å²) in [5, 5.41) is 0. The number of hydrogen-bond acceptors (Lipinski definition) is 4. The molecule has 0 spiro atoms. The van der Waals surface area contributed by atoms with Crippen molar-refractivity contribution in [2.45, 2.75) is 13.5 Å². The summed E-state index contributed by atoms with van der Waals surface area (Å²) in [4.78, 5) is 30.3. The minimum absolute atomic E-state index is 0.291. The Labute approximate surface area is 158 Å². The molecule has 0 atom stereocenters. The van der Waals surface area contributed by atoms with Crippen LogP contribution in [-0.2, 0) is 11.3 Å². The first kappa shape index (κ1) is 17.8. The van der Waals surface area contributed by atoms with E-state index in [-0.39, 0.29) is 0 Å². The molecule has 5 nitrogen and oxygen atoms in total. The van der Waals surface area contributed by atoms with Crippen molar-refractivity contribution in [3.63, 3.8) is 0 Å². The van der Waals surface area contributed by atoms with Gasteiger partial charge in [-0.2, -0.15) is 0 Å². The molecule has 6 heteroatoms. The van der Waals surface area contributed by atoms with Crippen LogP contribution < -0.4 is 4.90 Å². The molecule has 2 aromatic rings. The summed E-state index contributed by atoms with van der Waals surface area (Å²) in [7, 11) is 0. The van der Waals surface area contributed by atoms with E-state index in [4.69, 9.17) is 0 Å². The van der Waals surface area contributed by atoms with Crippen LogP contribution in [0.1, 0.15) is 21.5 Å². The van der Waals surface area contributed by atoms with Crippen molar-refractivity contribution in [2.24, 2.45) is 0 Å². The molecule has 0 aliphatic carbocycles. The van der Waals surface area contributed by atoms with Crippen LogP contribution in [0.4, 0.5) is 10.1 Å². The average molecular weight is 367 g/mol. The van der Waals surface area contributed by atoms with Crippen LogP contribution in [0.3, 0.4) is 0 Å². The molecule has 2 aromatic carbocycles. The lowest BCUT2D eigenvalue weighted by molar-refractivity contribution is -0.114. The molecule has 2 aliphatic heterocycles. The summed E-state index contributed by atoms with van der Waals surface area (Å²) in [6, 6.07) is 12.4. The number of hydrogen-bond donors (Lipinski definition) is 0. The molecule has 1 amide bonds. The van der Waals surface area contributed by atoms with E-state index < -0.39 is 17.5 Å². The number of rotatable bonds is 4. The zero-order valence-corrected chi connectivity index (χ0v) is 15.3.